The van der Waals surface area contributed by atoms with Crippen molar-refractivity contribution >= 4 is 46.4 Å². The highest BCUT2D eigenvalue weighted by Gasteiger charge is 2.53. The van der Waals surface area contributed by atoms with E-state index in [0.29, 0.717) is 37.2 Å². The monoisotopic (exact) mass is 560 g/mol. The number of methoxy groups -OCH3 is 1. The van der Waals surface area contributed by atoms with Crippen LogP contribution in [0, 0.1) is 5.82 Å². The van der Waals surface area contributed by atoms with E-state index in [-0.39, 0.29) is 17.4 Å². The summed E-state index contributed by atoms with van der Waals surface area (Å²) in [5.41, 5.74) is 1.29. The second-order valence-electron chi connectivity index (χ2n) is 9.80. The van der Waals surface area contributed by atoms with E-state index >= 15 is 0 Å². The van der Waals surface area contributed by atoms with E-state index in [2.05, 4.69) is 10.6 Å². The number of hydrogen-bond acceptors (Lipinski definition) is 5. The highest BCUT2D eigenvalue weighted by atomic mass is 32.1. The first-order chi connectivity index (χ1) is 19.3. The molecule has 0 aromatic heterocycles. The Balaban J connectivity index is 1.39. The van der Waals surface area contributed by atoms with Gasteiger partial charge < -0.3 is 25.2 Å². The first-order valence-corrected chi connectivity index (χ1v) is 13.4. The van der Waals surface area contributed by atoms with Crippen molar-refractivity contribution in [2.24, 2.45) is 0 Å². The zero-order valence-electron chi connectivity index (χ0n) is 22.0. The van der Waals surface area contributed by atoms with E-state index in [1.165, 1.54) is 24.3 Å². The number of anilines is 2. The summed E-state index contributed by atoms with van der Waals surface area (Å²) in [6.07, 6.45) is 1.64. The topological polar surface area (TPSA) is 91.0 Å². The van der Waals surface area contributed by atoms with Gasteiger partial charge in [0, 0.05) is 30.9 Å². The van der Waals surface area contributed by atoms with Crippen molar-refractivity contribution in [2.75, 3.05) is 30.4 Å². The maximum Gasteiger partial charge on any atom is 0.257 e. The second-order valence-corrected chi connectivity index (χ2v) is 10.2. The molecule has 206 valence electrons. The summed E-state index contributed by atoms with van der Waals surface area (Å²) in [5, 5.41) is 5.79. The van der Waals surface area contributed by atoms with Crippen LogP contribution in [0.25, 0.3) is 0 Å². The molecule has 0 aliphatic carbocycles. The van der Waals surface area contributed by atoms with Crippen molar-refractivity contribution in [3.05, 3.63) is 89.7 Å². The number of nitrogens with zero attached hydrogens (tertiary/aromatic N) is 2. The fourth-order valence-electron chi connectivity index (χ4n) is 5.26. The van der Waals surface area contributed by atoms with E-state index < -0.39 is 23.2 Å². The standard InChI is InChI=1S/C30H29FN4O4S/c1-39-25-14-4-20(5-15-25)16-18-35-29(40)33-28(38)30(35,21-6-8-22(31)9-7-21)19-26(36)32-23-10-12-24(13-11-23)34-17-2-3-27(34)37/h4-15H,2-3,16-19H2,1H3,(H,32,36)(H,33,38,40). The van der Waals surface area contributed by atoms with Gasteiger partial charge in [-0.15, -0.1) is 0 Å². The van der Waals surface area contributed by atoms with E-state index in [1.807, 2.05) is 24.3 Å². The van der Waals surface area contributed by atoms with Crippen LogP contribution in [0.4, 0.5) is 15.8 Å². The number of hydrogen-bond donors (Lipinski definition) is 2. The maximum absolute atomic E-state index is 13.9. The molecule has 3 aromatic carbocycles. The molecular weight excluding hydrogens is 531 g/mol. The molecule has 3 amide bonds. The molecule has 3 aromatic rings. The van der Waals surface area contributed by atoms with Crippen molar-refractivity contribution in [3.63, 3.8) is 0 Å². The Hall–Kier alpha value is -4.31. The van der Waals surface area contributed by atoms with E-state index in [0.717, 1.165) is 23.4 Å². The van der Waals surface area contributed by atoms with Gasteiger partial charge in [0.15, 0.2) is 10.7 Å². The smallest absolute Gasteiger partial charge is 0.257 e. The maximum atomic E-state index is 13.9. The van der Waals surface area contributed by atoms with Crippen LogP contribution in [0.1, 0.15) is 30.4 Å². The van der Waals surface area contributed by atoms with Gasteiger partial charge >= 0.3 is 0 Å². The molecule has 1 atom stereocenters. The van der Waals surface area contributed by atoms with Crippen LogP contribution in [-0.2, 0) is 26.3 Å². The predicted octanol–water partition coefficient (Wildman–Crippen LogP) is 4.14. The second kappa shape index (κ2) is 11.4. The van der Waals surface area contributed by atoms with Crippen LogP contribution >= 0.6 is 12.2 Å². The fourth-order valence-corrected chi connectivity index (χ4v) is 5.60. The summed E-state index contributed by atoms with van der Waals surface area (Å²) in [4.78, 5) is 42.5. The molecule has 0 spiro atoms. The third-order valence-corrected chi connectivity index (χ3v) is 7.68. The molecule has 10 heteroatoms. The van der Waals surface area contributed by atoms with Gasteiger partial charge in [-0.05, 0) is 84.7 Å². The number of carbonyl (C=O) groups is 3. The quantitative estimate of drug-likeness (QED) is 0.383. The molecule has 40 heavy (non-hydrogen) atoms. The number of ether oxygens (including phenoxy) is 1. The van der Waals surface area contributed by atoms with E-state index in [9.17, 15) is 18.8 Å². The largest absolute Gasteiger partial charge is 0.497 e. The first kappa shape index (κ1) is 27.3. The third-order valence-electron chi connectivity index (χ3n) is 7.36. The summed E-state index contributed by atoms with van der Waals surface area (Å²) >= 11 is 5.54. The van der Waals surface area contributed by atoms with Crippen molar-refractivity contribution in [1.82, 2.24) is 10.2 Å². The van der Waals surface area contributed by atoms with Gasteiger partial charge in [-0.1, -0.05) is 24.3 Å². The minimum absolute atomic E-state index is 0.0796. The Morgan fingerprint density at radius 3 is 2.38 bits per heavy atom. The van der Waals surface area contributed by atoms with Crippen LogP contribution < -0.4 is 20.3 Å². The highest BCUT2D eigenvalue weighted by Crippen LogP contribution is 2.38. The number of thiocarbonyl (C=S) groups is 1. The number of amides is 3. The molecule has 8 nitrogen and oxygen atoms in total. The van der Waals surface area contributed by atoms with Crippen LogP contribution in [0.3, 0.4) is 0 Å². The van der Waals surface area contributed by atoms with Gasteiger partial charge in [0.25, 0.3) is 5.91 Å². The van der Waals surface area contributed by atoms with Crippen LogP contribution in [-0.4, -0.2) is 47.9 Å². The van der Waals surface area contributed by atoms with Crippen molar-refractivity contribution in [2.45, 2.75) is 31.2 Å². The van der Waals surface area contributed by atoms with Crippen molar-refractivity contribution < 1.29 is 23.5 Å². The van der Waals surface area contributed by atoms with Gasteiger partial charge in [0.1, 0.15) is 11.6 Å². The van der Waals surface area contributed by atoms with Crippen LogP contribution in [0.15, 0.2) is 72.8 Å². The average Bonchev–Trinajstić information content (AvgIpc) is 3.48. The Labute approximate surface area is 237 Å². The Kier molecular flexibility index (Phi) is 7.79. The molecule has 0 saturated carbocycles. The molecule has 2 saturated heterocycles. The molecule has 5 rings (SSSR count). The van der Waals surface area contributed by atoms with E-state index in [1.54, 1.807) is 41.2 Å². The van der Waals surface area contributed by atoms with Gasteiger partial charge in [-0.25, -0.2) is 4.39 Å². The lowest BCUT2D eigenvalue weighted by atomic mass is 9.84. The lowest BCUT2D eigenvalue weighted by Gasteiger charge is -2.36. The molecule has 1 unspecified atom stereocenters. The molecule has 2 aliphatic rings. The van der Waals surface area contributed by atoms with Gasteiger partial charge in [-0.2, -0.15) is 0 Å². The Bertz CT molecular complexity index is 1430. The zero-order valence-corrected chi connectivity index (χ0v) is 22.8. The number of benzene rings is 3. The van der Waals surface area contributed by atoms with Crippen LogP contribution in [0.2, 0.25) is 0 Å². The Morgan fingerprint density at radius 2 is 1.75 bits per heavy atom. The highest BCUT2D eigenvalue weighted by molar-refractivity contribution is 7.80. The third kappa shape index (κ3) is 5.40. The Morgan fingerprint density at radius 1 is 1.05 bits per heavy atom. The number of nitrogens with one attached hydrogen (secondary N) is 2. The summed E-state index contributed by atoms with van der Waals surface area (Å²) in [6, 6.07) is 20.1. The first-order valence-electron chi connectivity index (χ1n) is 13.0. The molecule has 0 radical (unpaired) electrons. The lowest BCUT2D eigenvalue weighted by Crippen LogP contribution is -2.50. The fraction of sp³-hybridized carbons (Fsp3) is 0.267. The molecular formula is C30H29FN4O4S. The van der Waals surface area contributed by atoms with Crippen molar-refractivity contribution in [1.29, 1.82) is 0 Å². The van der Waals surface area contributed by atoms with Gasteiger partial charge in [-0.3, -0.25) is 14.4 Å². The summed E-state index contributed by atoms with van der Waals surface area (Å²) in [7, 11) is 1.60. The summed E-state index contributed by atoms with van der Waals surface area (Å²) in [5.74, 6) is -0.503. The van der Waals surface area contributed by atoms with Crippen molar-refractivity contribution in [3.8, 4) is 5.75 Å². The molecule has 2 N–H and O–H groups in total. The molecule has 2 fully saturated rings. The molecule has 2 heterocycles. The minimum Gasteiger partial charge on any atom is -0.497 e. The molecule has 2 aliphatic heterocycles. The average molecular weight is 561 g/mol. The summed E-state index contributed by atoms with van der Waals surface area (Å²) < 4.78 is 19.1. The van der Waals surface area contributed by atoms with Gasteiger partial charge in [0.05, 0.1) is 13.5 Å². The SMILES string of the molecule is COc1ccc(CCN2C(=S)NC(=O)C2(CC(=O)Nc2ccc(N3CCCC3=O)cc2)c2ccc(F)cc2)cc1. The van der Waals surface area contributed by atoms with E-state index in [4.69, 9.17) is 17.0 Å². The number of carbonyl (C=O) groups excluding carboxylic acids is 3. The zero-order chi connectivity index (χ0) is 28.3. The number of rotatable bonds is 9. The molecule has 0 bridgehead atoms. The summed E-state index contributed by atoms with van der Waals surface area (Å²) in [6.45, 7) is 1.01. The van der Waals surface area contributed by atoms with Gasteiger partial charge in [0.2, 0.25) is 11.8 Å². The normalized spacial score (nSPS) is 18.7. The lowest BCUT2D eigenvalue weighted by molar-refractivity contribution is -0.131. The van der Waals surface area contributed by atoms with Crippen LogP contribution in [0.5, 0.6) is 5.75 Å². The minimum atomic E-state index is -1.47. The predicted molar refractivity (Wildman–Crippen MR) is 153 cm³/mol. The number of halogens is 1.